The van der Waals surface area contributed by atoms with E-state index in [2.05, 4.69) is 43.5 Å². The summed E-state index contributed by atoms with van der Waals surface area (Å²) in [7, 11) is 0. The molecule has 19 nitrogen and oxygen atoms in total. The Balaban J connectivity index is 1.46. The van der Waals surface area contributed by atoms with Crippen LogP contribution in [0.1, 0.15) is 226 Å². The van der Waals surface area contributed by atoms with E-state index in [0.29, 0.717) is 12.8 Å². The molecule has 1 amide bonds. The van der Waals surface area contributed by atoms with Gasteiger partial charge in [0.15, 0.2) is 18.9 Å². The summed E-state index contributed by atoms with van der Waals surface area (Å²) in [6.07, 6.45) is 24.3. The van der Waals surface area contributed by atoms with E-state index < -0.39 is 124 Å². The van der Waals surface area contributed by atoms with Gasteiger partial charge in [0.1, 0.15) is 73.2 Å². The number of carbonyl (C=O) groups excluding carboxylic acids is 1. The van der Waals surface area contributed by atoms with E-state index in [1.54, 1.807) is 6.08 Å². The summed E-state index contributed by atoms with van der Waals surface area (Å²) in [5.41, 5.74) is 0. The van der Waals surface area contributed by atoms with Crippen molar-refractivity contribution in [2.45, 2.75) is 330 Å². The number of unbranched alkanes of at least 4 members (excludes halogenated alkanes) is 28. The van der Waals surface area contributed by atoms with Gasteiger partial charge < -0.3 is 89.9 Å². The van der Waals surface area contributed by atoms with Gasteiger partial charge in [0.05, 0.1) is 38.6 Å². The van der Waals surface area contributed by atoms with Crippen LogP contribution >= 0.6 is 0 Å². The molecule has 82 heavy (non-hydrogen) atoms. The van der Waals surface area contributed by atoms with Gasteiger partial charge in [0.25, 0.3) is 0 Å². The lowest BCUT2D eigenvalue weighted by molar-refractivity contribution is -0.379. The van der Waals surface area contributed by atoms with E-state index >= 15 is 0 Å². The third-order valence-corrected chi connectivity index (χ3v) is 16.2. The number of nitrogens with one attached hydrogen (secondary N) is 1. The molecule has 0 aromatic carbocycles. The van der Waals surface area contributed by atoms with Crippen LogP contribution < -0.4 is 5.32 Å². The maximum Gasteiger partial charge on any atom is 0.220 e. The first-order valence-electron chi connectivity index (χ1n) is 32.2. The molecule has 17 atom stereocenters. The van der Waals surface area contributed by atoms with Gasteiger partial charge in [-0.25, -0.2) is 0 Å². The number of carbonyl (C=O) groups is 1. The predicted octanol–water partition coefficient (Wildman–Crippen LogP) is 6.88. The van der Waals surface area contributed by atoms with E-state index in [9.17, 15) is 61.0 Å². The Labute approximate surface area is 491 Å². The van der Waals surface area contributed by atoms with Crippen molar-refractivity contribution in [2.75, 3.05) is 26.4 Å². The predicted molar refractivity (Wildman–Crippen MR) is 314 cm³/mol. The highest BCUT2D eigenvalue weighted by Gasteiger charge is 2.53. The quantitative estimate of drug-likeness (QED) is 0.0218. The molecular formula is C63H115NO18. The maximum atomic E-state index is 13.3. The van der Waals surface area contributed by atoms with Gasteiger partial charge in [-0.05, 0) is 57.8 Å². The second-order valence-electron chi connectivity index (χ2n) is 23.2. The lowest BCUT2D eigenvalue weighted by Gasteiger charge is -2.48. The Bertz CT molecular complexity index is 1640. The zero-order chi connectivity index (χ0) is 59.7. The second kappa shape index (κ2) is 46.2. The molecule has 0 spiro atoms. The maximum absolute atomic E-state index is 13.3. The average Bonchev–Trinajstić information content (AvgIpc) is 3.34. The minimum atomic E-state index is -1.98. The number of hydrogen-bond acceptors (Lipinski definition) is 18. The number of amides is 1. The molecule has 0 radical (unpaired) electrons. The van der Waals surface area contributed by atoms with Gasteiger partial charge in [-0.2, -0.15) is 0 Å². The summed E-state index contributed by atoms with van der Waals surface area (Å²) in [5.74, 6) is -0.295. The topological polar surface area (TPSA) is 307 Å². The molecule has 0 aliphatic carbocycles. The van der Waals surface area contributed by atoms with Gasteiger partial charge in [0, 0.05) is 6.42 Å². The van der Waals surface area contributed by atoms with Crippen LogP contribution in [-0.4, -0.2) is 193 Å². The smallest absolute Gasteiger partial charge is 0.220 e. The average molecular weight is 1170 g/mol. The van der Waals surface area contributed by atoms with Crippen LogP contribution in [0, 0.1) is 0 Å². The Hall–Kier alpha value is -1.99. The zero-order valence-corrected chi connectivity index (χ0v) is 50.2. The molecule has 0 bridgehead atoms. The fourth-order valence-electron chi connectivity index (χ4n) is 10.8. The van der Waals surface area contributed by atoms with Gasteiger partial charge in [-0.1, -0.05) is 198 Å². The van der Waals surface area contributed by atoms with Crippen molar-refractivity contribution >= 4 is 5.91 Å². The van der Waals surface area contributed by atoms with Crippen molar-refractivity contribution in [1.29, 1.82) is 0 Å². The fourth-order valence-corrected chi connectivity index (χ4v) is 10.8. The molecule has 480 valence electrons. The highest BCUT2D eigenvalue weighted by molar-refractivity contribution is 5.76. The van der Waals surface area contributed by atoms with Crippen molar-refractivity contribution < 1.29 is 89.4 Å². The molecule has 3 saturated heterocycles. The van der Waals surface area contributed by atoms with Crippen LogP contribution in [-0.2, 0) is 33.2 Å². The molecule has 3 fully saturated rings. The highest BCUT2D eigenvalue weighted by atomic mass is 16.8. The second-order valence-corrected chi connectivity index (χ2v) is 23.2. The van der Waals surface area contributed by atoms with Crippen LogP contribution in [0.4, 0.5) is 0 Å². The number of ether oxygens (including phenoxy) is 6. The Kier molecular flexibility index (Phi) is 41.8. The van der Waals surface area contributed by atoms with Gasteiger partial charge in [0.2, 0.25) is 5.91 Å². The van der Waals surface area contributed by atoms with Crippen molar-refractivity contribution in [3.63, 3.8) is 0 Å². The highest BCUT2D eigenvalue weighted by Crippen LogP contribution is 2.33. The van der Waals surface area contributed by atoms with Crippen molar-refractivity contribution in [3.05, 3.63) is 36.5 Å². The van der Waals surface area contributed by atoms with Crippen LogP contribution in [0.15, 0.2) is 36.5 Å². The monoisotopic (exact) mass is 1170 g/mol. The third kappa shape index (κ3) is 29.1. The molecule has 3 aliphatic rings. The number of rotatable bonds is 48. The largest absolute Gasteiger partial charge is 0.394 e. The minimum absolute atomic E-state index is 0.225. The molecule has 19 heteroatoms. The first kappa shape index (κ1) is 74.3. The standard InChI is InChI=1S/C63H115NO18/c1-3-5-7-9-11-13-15-17-18-19-20-21-22-23-24-25-26-27-28-29-30-32-34-36-38-40-47(68)46(64-51(69)41-39-37-35-33-31-16-14-12-10-8-6-4-2)45-77-61-57(75)54(72)59(49(43-66)79-61)82-63-58(76)55(73)60(50(44-67)80-63)81-62-56(74)53(71)52(70)48(42-65)78-62/h12,14,30,32,38,40,46-50,52-63,65-68,70-76H,3-11,13,15-29,31,33-37,39,41-45H2,1-2H3,(H,64,69)/b14-12-,32-30+,40-38+. The molecule has 3 rings (SSSR count). The number of aliphatic hydroxyl groups excluding tert-OH is 11. The van der Waals surface area contributed by atoms with Crippen LogP contribution in [0.3, 0.4) is 0 Å². The fraction of sp³-hybridized carbons (Fsp3) is 0.889. The minimum Gasteiger partial charge on any atom is -0.394 e. The summed E-state index contributed by atoms with van der Waals surface area (Å²) in [6.45, 7) is 1.68. The number of aliphatic hydroxyl groups is 11. The van der Waals surface area contributed by atoms with Gasteiger partial charge in [-0.3, -0.25) is 4.79 Å². The Morgan fingerprint density at radius 3 is 1.24 bits per heavy atom. The van der Waals surface area contributed by atoms with E-state index in [1.165, 1.54) is 135 Å². The summed E-state index contributed by atoms with van der Waals surface area (Å²) in [4.78, 5) is 13.3. The zero-order valence-electron chi connectivity index (χ0n) is 50.2. The molecule has 17 unspecified atom stereocenters. The summed E-state index contributed by atoms with van der Waals surface area (Å²) >= 11 is 0. The van der Waals surface area contributed by atoms with Crippen molar-refractivity contribution in [1.82, 2.24) is 5.32 Å². The first-order valence-corrected chi connectivity index (χ1v) is 32.2. The normalized spacial score (nSPS) is 29.8. The van der Waals surface area contributed by atoms with Crippen LogP contribution in [0.25, 0.3) is 0 Å². The molecule has 3 aliphatic heterocycles. The van der Waals surface area contributed by atoms with E-state index in [0.717, 1.165) is 57.8 Å². The van der Waals surface area contributed by atoms with Gasteiger partial charge in [-0.15, -0.1) is 0 Å². The lowest BCUT2D eigenvalue weighted by Crippen LogP contribution is -2.66. The summed E-state index contributed by atoms with van der Waals surface area (Å²) < 4.78 is 34.2. The van der Waals surface area contributed by atoms with Crippen LogP contribution in [0.2, 0.25) is 0 Å². The summed E-state index contributed by atoms with van der Waals surface area (Å²) in [6, 6.07) is -0.992. The van der Waals surface area contributed by atoms with Gasteiger partial charge >= 0.3 is 0 Å². The van der Waals surface area contributed by atoms with E-state index in [1.807, 2.05) is 6.08 Å². The van der Waals surface area contributed by atoms with Crippen LogP contribution in [0.5, 0.6) is 0 Å². The SMILES string of the molecule is CCCCC/C=C\CCCCCCCC(=O)NC(COC1OC(CO)C(OC2OC(CO)C(OC3OC(CO)C(O)C(O)C3O)C(O)C2O)C(O)C1O)C(O)/C=C/CC/C=C/CCCCCCCCCCCCCCCCCCCCC. The van der Waals surface area contributed by atoms with Crippen molar-refractivity contribution in [3.8, 4) is 0 Å². The molecule has 0 aromatic heterocycles. The number of allylic oxidation sites excluding steroid dienone is 5. The molecule has 0 aromatic rings. The first-order chi connectivity index (χ1) is 39.8. The molecule has 12 N–H and O–H groups in total. The van der Waals surface area contributed by atoms with E-state index in [-0.39, 0.29) is 18.9 Å². The molecule has 3 heterocycles. The number of hydrogen-bond donors (Lipinski definition) is 12. The summed E-state index contributed by atoms with van der Waals surface area (Å²) in [5, 5.41) is 120. The Morgan fingerprint density at radius 2 is 0.780 bits per heavy atom. The third-order valence-electron chi connectivity index (χ3n) is 16.2. The van der Waals surface area contributed by atoms with E-state index in [4.69, 9.17) is 28.4 Å². The Morgan fingerprint density at radius 1 is 0.427 bits per heavy atom. The van der Waals surface area contributed by atoms with Crippen molar-refractivity contribution in [2.24, 2.45) is 0 Å². The lowest BCUT2D eigenvalue weighted by atomic mass is 9.96. The molecular weight excluding hydrogens is 1060 g/mol. The molecule has 0 saturated carbocycles.